The van der Waals surface area contributed by atoms with E-state index in [1.54, 1.807) is 6.92 Å². The van der Waals surface area contributed by atoms with E-state index < -0.39 is 29.9 Å². The topological polar surface area (TPSA) is 154 Å². The van der Waals surface area contributed by atoms with E-state index in [1.165, 1.54) is 6.07 Å². The molecule has 0 spiro atoms. The summed E-state index contributed by atoms with van der Waals surface area (Å²) in [6, 6.07) is 0.468. The number of aryl methyl sites for hydroxylation is 1. The standard InChI is InChI=1S/C18H27N5O6/c1-10(2)4-5-13(20-16(25)14-8-11(3)29-22-14)17(26)21-23(18(27)28)9-12-6-7-19-15(12)24/h8,10,12-13H,4-7,9H2,1-3H3,(H,19,24)(H,20,25)(H,21,26)(H,27,28). The van der Waals surface area contributed by atoms with E-state index >= 15 is 0 Å². The van der Waals surface area contributed by atoms with Crippen LogP contribution in [0.2, 0.25) is 0 Å². The first kappa shape index (κ1) is 22.2. The minimum Gasteiger partial charge on any atom is -0.464 e. The molecule has 1 aromatic rings. The number of hydrazine groups is 1. The number of rotatable bonds is 8. The normalized spacial score (nSPS) is 17.0. The molecule has 4 amide bonds. The molecule has 1 fully saturated rings. The van der Waals surface area contributed by atoms with Gasteiger partial charge in [0.05, 0.1) is 12.5 Å². The molecule has 2 atom stereocenters. The van der Waals surface area contributed by atoms with Gasteiger partial charge in [0.25, 0.3) is 11.8 Å². The van der Waals surface area contributed by atoms with E-state index in [1.807, 2.05) is 13.8 Å². The van der Waals surface area contributed by atoms with Gasteiger partial charge in [0.1, 0.15) is 11.8 Å². The van der Waals surface area contributed by atoms with Crippen LogP contribution < -0.4 is 16.1 Å². The number of carbonyl (C=O) groups excluding carboxylic acids is 3. The van der Waals surface area contributed by atoms with Crippen molar-refractivity contribution < 1.29 is 28.8 Å². The highest BCUT2D eigenvalue weighted by molar-refractivity contribution is 5.96. The maximum atomic E-state index is 12.7. The lowest BCUT2D eigenvalue weighted by Gasteiger charge is -2.25. The Labute approximate surface area is 168 Å². The fourth-order valence-electron chi connectivity index (χ4n) is 2.90. The van der Waals surface area contributed by atoms with Gasteiger partial charge in [-0.25, -0.2) is 9.80 Å². The predicted octanol–water partition coefficient (Wildman–Crippen LogP) is 0.665. The van der Waals surface area contributed by atoms with Gasteiger partial charge < -0.3 is 20.3 Å². The van der Waals surface area contributed by atoms with Crippen molar-refractivity contribution in [1.29, 1.82) is 0 Å². The molecule has 2 heterocycles. The van der Waals surface area contributed by atoms with Crippen LogP contribution >= 0.6 is 0 Å². The molecule has 160 valence electrons. The number of nitrogens with one attached hydrogen (secondary N) is 3. The largest absolute Gasteiger partial charge is 0.464 e. The van der Waals surface area contributed by atoms with Crippen LogP contribution in [0.4, 0.5) is 4.79 Å². The number of nitrogens with zero attached hydrogens (tertiary/aromatic N) is 2. The highest BCUT2D eigenvalue weighted by Gasteiger charge is 2.31. The lowest BCUT2D eigenvalue weighted by molar-refractivity contribution is -0.129. The third-order valence-electron chi connectivity index (χ3n) is 4.56. The molecule has 4 N–H and O–H groups in total. The van der Waals surface area contributed by atoms with E-state index in [0.717, 1.165) is 0 Å². The maximum absolute atomic E-state index is 12.7. The van der Waals surface area contributed by atoms with Crippen LogP contribution in [0.5, 0.6) is 0 Å². The van der Waals surface area contributed by atoms with Crippen molar-refractivity contribution in [1.82, 2.24) is 26.2 Å². The summed E-state index contributed by atoms with van der Waals surface area (Å²) in [5.74, 6) is -1.34. The third-order valence-corrected chi connectivity index (χ3v) is 4.56. The molecule has 0 aromatic carbocycles. The van der Waals surface area contributed by atoms with Crippen molar-refractivity contribution in [2.75, 3.05) is 13.1 Å². The number of amides is 4. The Balaban J connectivity index is 2.06. The molecule has 29 heavy (non-hydrogen) atoms. The van der Waals surface area contributed by atoms with Crippen LogP contribution in [0.25, 0.3) is 0 Å². The summed E-state index contributed by atoms with van der Waals surface area (Å²) in [7, 11) is 0. The summed E-state index contributed by atoms with van der Waals surface area (Å²) in [6.07, 6.45) is 0.0361. The SMILES string of the molecule is Cc1cc(C(=O)NC(CCC(C)C)C(=O)NN(CC2CCNC2=O)C(=O)O)no1. The summed E-state index contributed by atoms with van der Waals surface area (Å²) >= 11 is 0. The molecule has 11 nitrogen and oxygen atoms in total. The Morgan fingerprint density at radius 2 is 2.10 bits per heavy atom. The van der Waals surface area contributed by atoms with Gasteiger partial charge in [-0.2, -0.15) is 0 Å². The predicted molar refractivity (Wildman–Crippen MR) is 101 cm³/mol. The van der Waals surface area contributed by atoms with Gasteiger partial charge in [-0.05, 0) is 32.1 Å². The molecule has 2 rings (SSSR count). The van der Waals surface area contributed by atoms with Crippen LogP contribution in [-0.4, -0.2) is 58.2 Å². The summed E-state index contributed by atoms with van der Waals surface area (Å²) in [5.41, 5.74) is 2.34. The van der Waals surface area contributed by atoms with Gasteiger partial charge in [0.15, 0.2) is 5.69 Å². The monoisotopic (exact) mass is 409 g/mol. The summed E-state index contributed by atoms with van der Waals surface area (Å²) in [6.45, 7) is 5.88. The van der Waals surface area contributed by atoms with Gasteiger partial charge in [0, 0.05) is 12.6 Å². The zero-order valence-corrected chi connectivity index (χ0v) is 16.7. The quantitative estimate of drug-likeness (QED) is 0.460. The van der Waals surface area contributed by atoms with Gasteiger partial charge in [0.2, 0.25) is 5.91 Å². The van der Waals surface area contributed by atoms with Crippen LogP contribution in [-0.2, 0) is 9.59 Å². The number of hydrogen-bond donors (Lipinski definition) is 4. The zero-order valence-electron chi connectivity index (χ0n) is 16.7. The maximum Gasteiger partial charge on any atom is 0.426 e. The second-order valence-electron chi connectivity index (χ2n) is 7.47. The van der Waals surface area contributed by atoms with Crippen molar-refractivity contribution in [2.24, 2.45) is 11.8 Å². The molecular formula is C18H27N5O6. The fourth-order valence-corrected chi connectivity index (χ4v) is 2.90. The van der Waals surface area contributed by atoms with Crippen molar-refractivity contribution in [3.63, 3.8) is 0 Å². The van der Waals surface area contributed by atoms with E-state index in [9.17, 15) is 24.3 Å². The summed E-state index contributed by atoms with van der Waals surface area (Å²) in [4.78, 5) is 48.3. The number of carboxylic acid groups (broad SMARTS) is 1. The van der Waals surface area contributed by atoms with E-state index in [4.69, 9.17) is 4.52 Å². The Morgan fingerprint density at radius 3 is 2.62 bits per heavy atom. The third kappa shape index (κ3) is 6.47. The van der Waals surface area contributed by atoms with Crippen LogP contribution in [0.1, 0.15) is 49.4 Å². The van der Waals surface area contributed by atoms with Gasteiger partial charge in [-0.1, -0.05) is 19.0 Å². The summed E-state index contributed by atoms with van der Waals surface area (Å²) in [5, 5.41) is 18.9. The Morgan fingerprint density at radius 1 is 1.38 bits per heavy atom. The first-order chi connectivity index (χ1) is 13.7. The van der Waals surface area contributed by atoms with Crippen molar-refractivity contribution in [2.45, 2.75) is 46.1 Å². The second kappa shape index (κ2) is 9.89. The Kier molecular flexibility index (Phi) is 7.57. The van der Waals surface area contributed by atoms with Gasteiger partial charge >= 0.3 is 6.09 Å². The van der Waals surface area contributed by atoms with Gasteiger partial charge in [-0.3, -0.25) is 19.8 Å². The molecule has 1 aliphatic heterocycles. The zero-order chi connectivity index (χ0) is 21.6. The van der Waals surface area contributed by atoms with E-state index in [2.05, 4.69) is 21.2 Å². The molecular weight excluding hydrogens is 382 g/mol. The highest BCUT2D eigenvalue weighted by Crippen LogP contribution is 2.12. The average molecular weight is 409 g/mol. The van der Waals surface area contributed by atoms with Crippen molar-refractivity contribution >= 4 is 23.8 Å². The van der Waals surface area contributed by atoms with Crippen LogP contribution in [0.15, 0.2) is 10.6 Å². The van der Waals surface area contributed by atoms with Crippen molar-refractivity contribution in [3.05, 3.63) is 17.5 Å². The number of aromatic nitrogens is 1. The molecule has 0 saturated carbocycles. The molecule has 0 aliphatic carbocycles. The highest BCUT2D eigenvalue weighted by atomic mass is 16.5. The average Bonchev–Trinajstić information content (AvgIpc) is 3.26. The first-order valence-corrected chi connectivity index (χ1v) is 9.50. The first-order valence-electron chi connectivity index (χ1n) is 9.50. The second-order valence-corrected chi connectivity index (χ2v) is 7.47. The summed E-state index contributed by atoms with van der Waals surface area (Å²) < 4.78 is 4.87. The minimum atomic E-state index is -1.39. The molecule has 1 aromatic heterocycles. The lowest BCUT2D eigenvalue weighted by Crippen LogP contribution is -2.55. The lowest BCUT2D eigenvalue weighted by atomic mass is 10.0. The number of carbonyl (C=O) groups is 4. The molecule has 1 aliphatic rings. The molecule has 0 bridgehead atoms. The van der Waals surface area contributed by atoms with E-state index in [0.29, 0.717) is 36.6 Å². The van der Waals surface area contributed by atoms with E-state index in [-0.39, 0.29) is 24.1 Å². The van der Waals surface area contributed by atoms with Crippen LogP contribution in [0, 0.1) is 18.8 Å². The fraction of sp³-hybridized carbons (Fsp3) is 0.611. The molecule has 2 unspecified atom stereocenters. The van der Waals surface area contributed by atoms with Crippen LogP contribution in [0.3, 0.4) is 0 Å². The molecule has 11 heteroatoms. The Bertz CT molecular complexity index is 762. The molecule has 1 saturated heterocycles. The smallest absolute Gasteiger partial charge is 0.426 e. The minimum absolute atomic E-state index is 0.0302. The Hall–Kier alpha value is -3.11. The van der Waals surface area contributed by atoms with Crippen molar-refractivity contribution in [3.8, 4) is 0 Å². The van der Waals surface area contributed by atoms with Gasteiger partial charge in [-0.15, -0.1) is 0 Å². The number of hydrogen-bond acceptors (Lipinski definition) is 6. The molecule has 0 radical (unpaired) electrons.